The van der Waals surface area contributed by atoms with Crippen LogP contribution in [0.25, 0.3) is 0 Å². The third-order valence-corrected chi connectivity index (χ3v) is 15.8. The van der Waals surface area contributed by atoms with Crippen LogP contribution in [0.15, 0.2) is 65.6 Å². The summed E-state index contributed by atoms with van der Waals surface area (Å²) in [4.78, 5) is 36.5. The van der Waals surface area contributed by atoms with Crippen molar-refractivity contribution in [3.8, 4) is 0 Å². The van der Waals surface area contributed by atoms with E-state index in [4.69, 9.17) is 4.74 Å². The van der Waals surface area contributed by atoms with E-state index in [9.17, 15) is 18.0 Å². The highest BCUT2D eigenvalue weighted by atomic mass is 32.2. The summed E-state index contributed by atoms with van der Waals surface area (Å²) < 4.78 is 46.9. The van der Waals surface area contributed by atoms with E-state index in [0.29, 0.717) is 35.6 Å². The van der Waals surface area contributed by atoms with Crippen LogP contribution in [0, 0.1) is 29.5 Å². The number of rotatable bonds is 15. The molecule has 0 N–H and O–H groups in total. The molecule has 0 spiro atoms. The molecule has 5 aliphatic rings. The standard InChI is InChI=1S/C44H62FN5O5S/c1-46(2)20-8-13-42(51)50-30-40(31-50)56(53,54)39-16-14-38(15-17-39)49-28-33(29-49)27-47-23-18-35(19-24-47)44(32-48-21-4-5-22-48,36-10-7-11-37(45)26-36)41-12-6-9-34(41)25-43(52)55-3/h7-8,10-11,13-17,26,33-35,40-41H,4-6,9,12,18-25,27-32H2,1-3H3/b13-8+/t34-,41+,44+/m1/s1. The van der Waals surface area contributed by atoms with Gasteiger partial charge < -0.3 is 29.2 Å². The zero-order valence-electron chi connectivity index (χ0n) is 33.7. The van der Waals surface area contributed by atoms with Crippen molar-refractivity contribution in [1.82, 2.24) is 19.6 Å². The van der Waals surface area contributed by atoms with Crippen molar-refractivity contribution in [2.75, 3.05) is 98.1 Å². The molecule has 1 aliphatic carbocycles. The molecule has 12 heteroatoms. The number of esters is 1. The van der Waals surface area contributed by atoms with E-state index < -0.39 is 15.1 Å². The molecule has 0 unspecified atom stereocenters. The number of benzene rings is 2. The van der Waals surface area contributed by atoms with E-state index in [1.54, 1.807) is 35.2 Å². The second kappa shape index (κ2) is 17.7. The summed E-state index contributed by atoms with van der Waals surface area (Å²) in [5.41, 5.74) is 1.93. The molecule has 4 heterocycles. The lowest BCUT2D eigenvalue weighted by Gasteiger charge is -2.52. The summed E-state index contributed by atoms with van der Waals surface area (Å²) in [7, 11) is 1.83. The van der Waals surface area contributed by atoms with E-state index in [2.05, 4.69) is 20.8 Å². The van der Waals surface area contributed by atoms with Gasteiger partial charge in [-0.15, -0.1) is 0 Å². The van der Waals surface area contributed by atoms with Gasteiger partial charge >= 0.3 is 5.97 Å². The maximum absolute atomic E-state index is 15.1. The fraction of sp³-hybridized carbons (Fsp3) is 0.636. The molecule has 10 nitrogen and oxygen atoms in total. The SMILES string of the molecule is COC(=O)C[C@H]1CCC[C@@H]1[C@](CN1CCCC1)(c1cccc(F)c1)C1CCN(CC2CN(c3ccc(S(=O)(=O)C4CN(C(=O)/C=C/CN(C)C)C4)cc3)C2)CC1. The van der Waals surface area contributed by atoms with Crippen molar-refractivity contribution in [1.29, 1.82) is 0 Å². The van der Waals surface area contributed by atoms with Crippen molar-refractivity contribution in [2.24, 2.45) is 23.7 Å². The number of amides is 1. The third kappa shape index (κ3) is 8.88. The predicted octanol–water partition coefficient (Wildman–Crippen LogP) is 5.09. The van der Waals surface area contributed by atoms with Gasteiger partial charge in [-0.2, -0.15) is 0 Å². The van der Waals surface area contributed by atoms with E-state index >= 15 is 4.39 Å². The summed E-state index contributed by atoms with van der Waals surface area (Å²) in [5.74, 6) is 1.01. The number of hydrogen-bond donors (Lipinski definition) is 0. The first-order valence-electron chi connectivity index (χ1n) is 20.9. The van der Waals surface area contributed by atoms with Gasteiger partial charge in [-0.05, 0) is 139 Å². The first-order chi connectivity index (χ1) is 27.0. The second-order valence-corrected chi connectivity index (χ2v) is 19.8. The van der Waals surface area contributed by atoms with Crippen LogP contribution < -0.4 is 4.90 Å². The second-order valence-electron chi connectivity index (χ2n) is 17.5. The van der Waals surface area contributed by atoms with Crippen molar-refractivity contribution in [3.63, 3.8) is 0 Å². The van der Waals surface area contributed by atoms with E-state index in [-0.39, 0.29) is 42.1 Å². The van der Waals surface area contributed by atoms with E-state index in [1.807, 2.05) is 37.2 Å². The Labute approximate surface area is 333 Å². The Kier molecular flexibility index (Phi) is 12.9. The van der Waals surface area contributed by atoms with Crippen LogP contribution >= 0.6 is 0 Å². The Morgan fingerprint density at radius 1 is 0.911 bits per heavy atom. The lowest BCUT2D eigenvalue weighted by Crippen LogP contribution is -2.56. The zero-order valence-corrected chi connectivity index (χ0v) is 34.5. The minimum atomic E-state index is -3.51. The fourth-order valence-corrected chi connectivity index (χ4v) is 12.3. The quantitative estimate of drug-likeness (QED) is 0.181. The van der Waals surface area contributed by atoms with Gasteiger partial charge in [0.05, 0.1) is 12.0 Å². The number of halogens is 1. The molecule has 4 aliphatic heterocycles. The Bertz CT molecular complexity index is 1800. The number of carbonyl (C=O) groups is 2. The molecule has 2 aromatic rings. The Morgan fingerprint density at radius 2 is 1.62 bits per heavy atom. The number of piperidine rings is 1. The highest BCUT2D eigenvalue weighted by Gasteiger charge is 2.53. The number of hydrogen-bond acceptors (Lipinski definition) is 9. The summed E-state index contributed by atoms with van der Waals surface area (Å²) in [6.07, 6.45) is 11.4. The molecule has 4 saturated heterocycles. The summed E-state index contributed by atoms with van der Waals surface area (Å²) in [5, 5.41) is -0.573. The van der Waals surface area contributed by atoms with Crippen molar-refractivity contribution in [2.45, 2.75) is 66.9 Å². The maximum Gasteiger partial charge on any atom is 0.305 e. The molecule has 5 fully saturated rings. The fourth-order valence-electron chi connectivity index (χ4n) is 10.7. The van der Waals surface area contributed by atoms with Crippen LogP contribution in [0.3, 0.4) is 0 Å². The largest absolute Gasteiger partial charge is 0.469 e. The van der Waals surface area contributed by atoms with Crippen LogP contribution in [0.5, 0.6) is 0 Å². The number of methoxy groups -OCH3 is 1. The first kappa shape index (κ1) is 40.9. The zero-order chi connectivity index (χ0) is 39.5. The van der Waals surface area contributed by atoms with Crippen LogP contribution in [0.2, 0.25) is 0 Å². The number of anilines is 1. The van der Waals surface area contributed by atoms with Crippen molar-refractivity contribution >= 4 is 27.4 Å². The van der Waals surface area contributed by atoms with Crippen LogP contribution in [-0.2, 0) is 29.6 Å². The number of nitrogens with zero attached hydrogens (tertiary/aromatic N) is 5. The van der Waals surface area contributed by atoms with Gasteiger partial charge in [0.1, 0.15) is 11.1 Å². The van der Waals surface area contributed by atoms with Crippen molar-refractivity contribution in [3.05, 3.63) is 72.1 Å². The molecular formula is C44H62FN5O5S. The summed E-state index contributed by atoms with van der Waals surface area (Å²) in [6, 6.07) is 14.7. The van der Waals surface area contributed by atoms with Gasteiger partial charge in [-0.3, -0.25) is 9.59 Å². The molecule has 1 saturated carbocycles. The summed E-state index contributed by atoms with van der Waals surface area (Å²) >= 11 is 0. The number of carbonyl (C=O) groups excluding carboxylic acids is 2. The normalized spacial score (nSPS) is 24.4. The molecular weight excluding hydrogens is 730 g/mol. The Morgan fingerprint density at radius 3 is 2.29 bits per heavy atom. The summed E-state index contributed by atoms with van der Waals surface area (Å²) in [6.45, 7) is 9.12. The van der Waals surface area contributed by atoms with E-state index in [1.165, 1.54) is 26.0 Å². The number of ether oxygens (including phenoxy) is 1. The minimum absolute atomic E-state index is 0.138. The molecule has 3 atom stereocenters. The van der Waals surface area contributed by atoms with Gasteiger partial charge in [-0.25, -0.2) is 12.8 Å². The average Bonchev–Trinajstić information content (AvgIpc) is 3.84. The lowest BCUT2D eigenvalue weighted by atomic mass is 9.56. The number of sulfone groups is 1. The van der Waals surface area contributed by atoms with Crippen LogP contribution in [0.4, 0.5) is 10.1 Å². The monoisotopic (exact) mass is 791 g/mol. The van der Waals surface area contributed by atoms with Crippen LogP contribution in [-0.4, -0.2) is 138 Å². The van der Waals surface area contributed by atoms with Gasteiger partial charge in [0, 0.05) is 75.3 Å². The Balaban J connectivity index is 0.953. The molecule has 306 valence electrons. The van der Waals surface area contributed by atoms with Gasteiger partial charge in [0.2, 0.25) is 5.91 Å². The van der Waals surface area contributed by atoms with E-state index in [0.717, 1.165) is 95.7 Å². The van der Waals surface area contributed by atoms with Crippen molar-refractivity contribution < 1.29 is 27.1 Å². The molecule has 0 bridgehead atoms. The van der Waals surface area contributed by atoms with Gasteiger partial charge in [-0.1, -0.05) is 24.6 Å². The number of likely N-dealkylation sites (tertiary alicyclic amines) is 3. The molecule has 56 heavy (non-hydrogen) atoms. The molecule has 1 amide bonds. The minimum Gasteiger partial charge on any atom is -0.469 e. The molecule has 0 aromatic heterocycles. The molecule has 0 radical (unpaired) electrons. The highest BCUT2D eigenvalue weighted by molar-refractivity contribution is 7.92. The first-order valence-corrected chi connectivity index (χ1v) is 22.5. The van der Waals surface area contributed by atoms with Crippen LogP contribution in [0.1, 0.15) is 56.9 Å². The number of likely N-dealkylation sites (N-methyl/N-ethyl adjacent to an activating group) is 1. The Hall–Kier alpha value is -3.32. The molecule has 7 rings (SSSR count). The maximum atomic E-state index is 15.1. The predicted molar refractivity (Wildman–Crippen MR) is 218 cm³/mol. The topological polar surface area (TPSA) is 93.7 Å². The van der Waals surface area contributed by atoms with Gasteiger partial charge in [0.15, 0.2) is 9.84 Å². The third-order valence-electron chi connectivity index (χ3n) is 13.7. The smallest absolute Gasteiger partial charge is 0.305 e. The lowest BCUT2D eigenvalue weighted by molar-refractivity contribution is -0.142. The van der Waals surface area contributed by atoms with Gasteiger partial charge in [0.25, 0.3) is 0 Å². The molecule has 2 aromatic carbocycles. The average molecular weight is 792 g/mol. The highest BCUT2D eigenvalue weighted by Crippen LogP contribution is 2.54.